The van der Waals surface area contributed by atoms with Crippen molar-refractivity contribution in [1.29, 1.82) is 0 Å². The Kier molecular flexibility index (Phi) is 8.81. The largest absolute Gasteiger partial charge is 0.492 e. The van der Waals surface area contributed by atoms with E-state index in [1.54, 1.807) is 18.3 Å². The topological polar surface area (TPSA) is 31.4 Å². The molecule has 1 aromatic heterocycles. The van der Waals surface area contributed by atoms with Crippen LogP contribution in [0.5, 0.6) is 11.5 Å². The van der Waals surface area contributed by atoms with Gasteiger partial charge in [0.25, 0.3) is 0 Å². The summed E-state index contributed by atoms with van der Waals surface area (Å²) in [4.78, 5) is 4.45. The minimum Gasteiger partial charge on any atom is -0.492 e. The third kappa shape index (κ3) is 7.43. The van der Waals surface area contributed by atoms with Crippen molar-refractivity contribution in [2.75, 3.05) is 13.2 Å². The molecule has 0 fully saturated rings. The lowest BCUT2D eigenvalue weighted by atomic mass is 9.98. The highest BCUT2D eigenvalue weighted by molar-refractivity contribution is 5.84. The molecule has 0 aliphatic carbocycles. The van der Waals surface area contributed by atoms with Gasteiger partial charge in [0, 0.05) is 11.1 Å². The first-order valence-corrected chi connectivity index (χ1v) is 12.5. The van der Waals surface area contributed by atoms with E-state index in [4.69, 9.17) is 4.74 Å². The molecule has 1 heterocycles. The van der Waals surface area contributed by atoms with Gasteiger partial charge in [-0.1, -0.05) is 43.3 Å². The van der Waals surface area contributed by atoms with E-state index in [1.807, 2.05) is 37.3 Å². The van der Waals surface area contributed by atoms with E-state index in [9.17, 15) is 17.6 Å². The lowest BCUT2D eigenvalue weighted by Crippen LogP contribution is -2.19. The van der Waals surface area contributed by atoms with E-state index >= 15 is 4.39 Å². The number of rotatable bonds is 11. The Morgan fingerprint density at radius 2 is 1.55 bits per heavy atom. The van der Waals surface area contributed by atoms with E-state index < -0.39 is 24.3 Å². The van der Waals surface area contributed by atoms with Crippen molar-refractivity contribution in [3.8, 4) is 11.5 Å². The van der Waals surface area contributed by atoms with Gasteiger partial charge in [0.1, 0.15) is 11.6 Å². The summed E-state index contributed by atoms with van der Waals surface area (Å²) in [7, 11) is 0. The lowest BCUT2D eigenvalue weighted by molar-refractivity contribution is -0.153. The zero-order valence-electron chi connectivity index (χ0n) is 21.0. The highest BCUT2D eigenvalue weighted by Gasteiger charge is 2.29. The fraction of sp³-hybridized carbons (Fsp3) is 0.300. The zero-order valence-corrected chi connectivity index (χ0v) is 21.0. The number of hydrogen-bond donors (Lipinski definition) is 0. The average molecular weight is 530 g/mol. The van der Waals surface area contributed by atoms with Crippen molar-refractivity contribution in [3.05, 3.63) is 101 Å². The van der Waals surface area contributed by atoms with Gasteiger partial charge >= 0.3 is 6.18 Å². The second-order valence-corrected chi connectivity index (χ2v) is 9.10. The molecule has 0 bridgehead atoms. The third-order valence-electron chi connectivity index (χ3n) is 6.11. The van der Waals surface area contributed by atoms with Gasteiger partial charge in [0.2, 0.25) is 0 Å². The average Bonchev–Trinajstić information content (AvgIpc) is 2.90. The molecule has 0 N–H and O–H groups in total. The van der Waals surface area contributed by atoms with E-state index in [0.29, 0.717) is 36.0 Å². The first-order chi connectivity index (χ1) is 18.2. The van der Waals surface area contributed by atoms with Gasteiger partial charge in [-0.2, -0.15) is 13.2 Å². The van der Waals surface area contributed by atoms with Gasteiger partial charge in [-0.15, -0.1) is 0 Å². The van der Waals surface area contributed by atoms with Crippen molar-refractivity contribution < 1.29 is 31.4 Å². The number of hydrogen-bond acceptors (Lipinski definition) is 3. The lowest BCUT2D eigenvalue weighted by Gasteiger charge is -2.11. The molecule has 4 rings (SSSR count). The SMILES string of the molecule is CCCOc1ccc(CCc2ccc3c(F)c(CCc4ccc(OCC(F)(F)F)c(F)c4)ccc3c2)nc1. The third-order valence-corrected chi connectivity index (χ3v) is 6.11. The monoisotopic (exact) mass is 529 g/mol. The minimum absolute atomic E-state index is 0.315. The van der Waals surface area contributed by atoms with Crippen molar-refractivity contribution in [3.63, 3.8) is 0 Å². The van der Waals surface area contributed by atoms with E-state index in [-0.39, 0.29) is 5.82 Å². The Morgan fingerprint density at radius 3 is 2.26 bits per heavy atom. The van der Waals surface area contributed by atoms with Crippen molar-refractivity contribution in [1.82, 2.24) is 4.98 Å². The maximum Gasteiger partial charge on any atom is 0.422 e. The molecule has 0 spiro atoms. The molecule has 0 radical (unpaired) electrons. The summed E-state index contributed by atoms with van der Waals surface area (Å²) in [6.45, 7) is 1.14. The predicted molar refractivity (Wildman–Crippen MR) is 137 cm³/mol. The molecule has 38 heavy (non-hydrogen) atoms. The van der Waals surface area contributed by atoms with Crippen LogP contribution in [0.15, 0.2) is 66.9 Å². The fourth-order valence-electron chi connectivity index (χ4n) is 4.13. The molecule has 0 saturated heterocycles. The first kappa shape index (κ1) is 27.4. The van der Waals surface area contributed by atoms with Gasteiger partial charge in [0.15, 0.2) is 18.2 Å². The summed E-state index contributed by atoms with van der Waals surface area (Å²) in [6.07, 6.45) is 0.264. The molecule has 3 aromatic carbocycles. The van der Waals surface area contributed by atoms with Crippen LogP contribution in [0, 0.1) is 11.6 Å². The summed E-state index contributed by atoms with van der Waals surface area (Å²) in [5.74, 6) is -0.921. The second-order valence-electron chi connectivity index (χ2n) is 9.10. The molecule has 200 valence electrons. The van der Waals surface area contributed by atoms with Crippen LogP contribution in [0.1, 0.15) is 35.7 Å². The Labute approximate surface area is 218 Å². The second kappa shape index (κ2) is 12.2. The number of benzene rings is 3. The molecule has 0 aliphatic heterocycles. The Balaban J connectivity index is 1.37. The number of nitrogens with zero attached hydrogens (tertiary/aromatic N) is 1. The standard InChI is InChI=1S/C30H28F5NO2/c1-2-15-37-25-12-11-24(36-18-25)10-4-20-5-13-26-23(16-20)9-8-22(29(26)32)7-3-21-6-14-28(27(31)17-21)38-19-30(33,34)35/h5-6,8-9,11-14,16-18H,2-4,7,10,15,19H2,1H3. The van der Waals surface area contributed by atoms with Gasteiger partial charge < -0.3 is 9.47 Å². The normalized spacial score (nSPS) is 11.6. The van der Waals surface area contributed by atoms with Crippen molar-refractivity contribution in [2.24, 2.45) is 0 Å². The van der Waals surface area contributed by atoms with Gasteiger partial charge in [-0.3, -0.25) is 4.98 Å². The number of ether oxygens (including phenoxy) is 2. The Morgan fingerprint density at radius 1 is 0.789 bits per heavy atom. The van der Waals surface area contributed by atoms with Crippen LogP contribution in [-0.2, 0) is 25.7 Å². The van der Waals surface area contributed by atoms with Gasteiger partial charge in [-0.05, 0) is 78.4 Å². The molecule has 0 aliphatic rings. The Hall–Kier alpha value is -3.68. The molecule has 0 unspecified atom stereocenters. The molecule has 0 saturated carbocycles. The molecule has 8 heteroatoms. The Bertz CT molecular complexity index is 1370. The molecule has 0 amide bonds. The smallest absolute Gasteiger partial charge is 0.422 e. The van der Waals surface area contributed by atoms with Crippen LogP contribution >= 0.6 is 0 Å². The van der Waals surface area contributed by atoms with Gasteiger partial charge in [0.05, 0.1) is 12.8 Å². The van der Waals surface area contributed by atoms with Crippen molar-refractivity contribution in [2.45, 2.75) is 45.2 Å². The maximum atomic E-state index is 15.2. The zero-order chi connectivity index (χ0) is 27.1. The fourth-order valence-corrected chi connectivity index (χ4v) is 4.13. The summed E-state index contributed by atoms with van der Waals surface area (Å²) >= 11 is 0. The van der Waals surface area contributed by atoms with Crippen LogP contribution in [0.3, 0.4) is 0 Å². The summed E-state index contributed by atoms with van der Waals surface area (Å²) in [6, 6.07) is 16.9. The number of halogens is 5. The van der Waals surface area contributed by atoms with Crippen LogP contribution in [0.2, 0.25) is 0 Å². The van der Waals surface area contributed by atoms with E-state index in [2.05, 4.69) is 9.72 Å². The predicted octanol–water partition coefficient (Wildman–Crippen LogP) is 7.81. The van der Waals surface area contributed by atoms with E-state index in [0.717, 1.165) is 47.7 Å². The highest BCUT2D eigenvalue weighted by atomic mass is 19.4. The first-order valence-electron chi connectivity index (χ1n) is 12.5. The summed E-state index contributed by atoms with van der Waals surface area (Å²) in [5.41, 5.74) is 3.04. The van der Waals surface area contributed by atoms with Crippen LogP contribution in [-0.4, -0.2) is 24.4 Å². The molecular formula is C30H28F5NO2. The van der Waals surface area contributed by atoms with Crippen LogP contribution in [0.25, 0.3) is 10.8 Å². The molecular weight excluding hydrogens is 501 g/mol. The van der Waals surface area contributed by atoms with E-state index in [1.165, 1.54) is 12.1 Å². The summed E-state index contributed by atoms with van der Waals surface area (Å²) < 4.78 is 76.3. The molecule has 4 aromatic rings. The molecule has 0 atom stereocenters. The maximum absolute atomic E-state index is 15.2. The van der Waals surface area contributed by atoms with Crippen molar-refractivity contribution >= 4 is 10.8 Å². The highest BCUT2D eigenvalue weighted by Crippen LogP contribution is 2.26. The minimum atomic E-state index is -4.55. The quantitative estimate of drug-likeness (QED) is 0.186. The van der Waals surface area contributed by atoms with Crippen LogP contribution in [0.4, 0.5) is 22.0 Å². The number of alkyl halides is 3. The number of aryl methyl sites for hydroxylation is 4. The number of aromatic nitrogens is 1. The number of pyridine rings is 1. The number of fused-ring (bicyclic) bond motifs is 1. The summed E-state index contributed by atoms with van der Waals surface area (Å²) in [5, 5.41) is 1.29. The van der Waals surface area contributed by atoms with Crippen LogP contribution < -0.4 is 9.47 Å². The molecule has 3 nitrogen and oxygen atoms in total. The van der Waals surface area contributed by atoms with Gasteiger partial charge in [-0.25, -0.2) is 8.78 Å².